The lowest BCUT2D eigenvalue weighted by molar-refractivity contribution is 0.0417. The molecule has 1 fully saturated rings. The van der Waals surface area contributed by atoms with Crippen molar-refractivity contribution in [2.24, 2.45) is 11.1 Å². The van der Waals surface area contributed by atoms with Crippen LogP contribution in [-0.2, 0) is 21.3 Å². The smallest absolute Gasteiger partial charge is 0.238 e. The largest absolute Gasteiger partial charge is 0.381 e. The van der Waals surface area contributed by atoms with E-state index >= 15 is 0 Å². The van der Waals surface area contributed by atoms with Crippen molar-refractivity contribution in [1.82, 2.24) is 5.32 Å². The van der Waals surface area contributed by atoms with E-state index in [2.05, 4.69) is 12.2 Å². The van der Waals surface area contributed by atoms with Gasteiger partial charge in [0.15, 0.2) is 0 Å². The highest BCUT2D eigenvalue weighted by atomic mass is 35.5. The van der Waals surface area contributed by atoms with Gasteiger partial charge in [0.25, 0.3) is 0 Å². The monoisotopic (exact) mass is 332 g/mol. The number of nitrogens with two attached hydrogens (primary N) is 1. The minimum atomic E-state index is -3.74. The number of ether oxygens (including phenoxy) is 1. The second-order valence-corrected chi connectivity index (χ2v) is 7.48. The van der Waals surface area contributed by atoms with Crippen molar-refractivity contribution >= 4 is 21.6 Å². The number of hydrogen-bond donors (Lipinski definition) is 2. The van der Waals surface area contributed by atoms with Crippen LogP contribution in [0.5, 0.6) is 0 Å². The van der Waals surface area contributed by atoms with Crippen molar-refractivity contribution in [3.8, 4) is 0 Å². The van der Waals surface area contributed by atoms with Crippen LogP contribution >= 0.6 is 11.6 Å². The van der Waals surface area contributed by atoms with Crippen LogP contribution in [0.4, 0.5) is 0 Å². The van der Waals surface area contributed by atoms with Crippen LogP contribution in [-0.4, -0.2) is 27.7 Å². The fraction of sp³-hybridized carbons (Fsp3) is 0.571. The Morgan fingerprint density at radius 1 is 1.48 bits per heavy atom. The summed E-state index contributed by atoms with van der Waals surface area (Å²) in [6, 6.07) is 4.95. The molecule has 0 amide bonds. The van der Waals surface area contributed by atoms with E-state index in [1.54, 1.807) is 12.1 Å². The Hall–Kier alpha value is -0.660. The van der Waals surface area contributed by atoms with Gasteiger partial charge in [-0.15, -0.1) is 0 Å². The van der Waals surface area contributed by atoms with Gasteiger partial charge >= 0.3 is 0 Å². The van der Waals surface area contributed by atoms with E-state index in [-0.39, 0.29) is 4.90 Å². The van der Waals surface area contributed by atoms with Gasteiger partial charge in [-0.2, -0.15) is 0 Å². The summed E-state index contributed by atoms with van der Waals surface area (Å²) in [5, 5.41) is 8.91. The van der Waals surface area contributed by atoms with Gasteiger partial charge in [0.2, 0.25) is 10.0 Å². The molecule has 0 aromatic heterocycles. The molecule has 3 N–H and O–H groups in total. The van der Waals surface area contributed by atoms with Crippen LogP contribution in [0, 0.1) is 5.92 Å². The van der Waals surface area contributed by atoms with Gasteiger partial charge in [-0.25, -0.2) is 13.6 Å². The summed E-state index contributed by atoms with van der Waals surface area (Å²) in [5.41, 5.74) is 0.801. The first-order valence-electron chi connectivity index (χ1n) is 6.99. The highest BCUT2D eigenvalue weighted by molar-refractivity contribution is 7.89. The standard InChI is InChI=1S/C14H21ClN2O3S/c1-10(12-3-2-4-20-9-12)17-8-11-5-13(15)7-14(6-11)21(16,18)19/h5-7,10,12,17H,2-4,8-9H2,1H3,(H2,16,18,19)/t10-,12-/m0/s1. The third kappa shape index (κ3) is 4.93. The number of hydrogen-bond acceptors (Lipinski definition) is 4. The van der Waals surface area contributed by atoms with Crippen molar-refractivity contribution in [3.63, 3.8) is 0 Å². The first kappa shape index (κ1) is 16.7. The Kier molecular flexibility index (Phi) is 5.62. The molecule has 5 nitrogen and oxygen atoms in total. The van der Waals surface area contributed by atoms with E-state index in [1.165, 1.54) is 6.07 Å². The van der Waals surface area contributed by atoms with E-state index in [0.29, 0.717) is 23.5 Å². The van der Waals surface area contributed by atoms with Crippen molar-refractivity contribution in [3.05, 3.63) is 28.8 Å². The maximum absolute atomic E-state index is 11.4. The molecular weight excluding hydrogens is 312 g/mol. The molecule has 0 saturated carbocycles. The summed E-state index contributed by atoms with van der Waals surface area (Å²) in [5.74, 6) is 0.482. The summed E-state index contributed by atoms with van der Waals surface area (Å²) >= 11 is 5.95. The summed E-state index contributed by atoms with van der Waals surface area (Å²) in [6.45, 7) is 4.27. The summed E-state index contributed by atoms with van der Waals surface area (Å²) in [7, 11) is -3.74. The number of benzene rings is 1. The third-order valence-electron chi connectivity index (χ3n) is 3.79. The van der Waals surface area contributed by atoms with Crippen LogP contribution in [0.15, 0.2) is 23.1 Å². The lowest BCUT2D eigenvalue weighted by Gasteiger charge is -2.28. The van der Waals surface area contributed by atoms with Gasteiger partial charge in [-0.3, -0.25) is 0 Å². The van der Waals surface area contributed by atoms with Crippen molar-refractivity contribution in [2.45, 2.75) is 37.2 Å². The summed E-state index contributed by atoms with van der Waals surface area (Å²) < 4.78 is 28.3. The Morgan fingerprint density at radius 3 is 2.86 bits per heavy atom. The highest BCUT2D eigenvalue weighted by Crippen LogP contribution is 2.20. The second-order valence-electron chi connectivity index (χ2n) is 5.49. The van der Waals surface area contributed by atoms with Gasteiger partial charge in [0, 0.05) is 24.2 Å². The molecule has 1 aliphatic heterocycles. The average Bonchev–Trinajstić information content (AvgIpc) is 2.44. The average molecular weight is 333 g/mol. The molecular formula is C14H21ClN2O3S. The van der Waals surface area contributed by atoms with E-state index in [1.807, 2.05) is 0 Å². The van der Waals surface area contributed by atoms with Crippen LogP contribution < -0.4 is 10.5 Å². The predicted octanol–water partition coefficient (Wildman–Crippen LogP) is 1.89. The lowest BCUT2D eigenvalue weighted by Crippen LogP contribution is -2.37. The maximum atomic E-state index is 11.4. The third-order valence-corrected chi connectivity index (χ3v) is 4.90. The molecule has 1 aliphatic rings. The summed E-state index contributed by atoms with van der Waals surface area (Å²) in [4.78, 5) is 0.0421. The molecule has 1 aromatic rings. The van der Waals surface area contributed by atoms with Gasteiger partial charge in [0.1, 0.15) is 0 Å². The number of sulfonamides is 1. The quantitative estimate of drug-likeness (QED) is 0.862. The van der Waals surface area contributed by atoms with Crippen molar-refractivity contribution in [2.75, 3.05) is 13.2 Å². The number of halogens is 1. The minimum Gasteiger partial charge on any atom is -0.381 e. The molecule has 0 aliphatic carbocycles. The van der Waals surface area contributed by atoms with Crippen molar-refractivity contribution in [1.29, 1.82) is 0 Å². The second kappa shape index (κ2) is 7.07. The lowest BCUT2D eigenvalue weighted by atomic mass is 9.95. The first-order valence-corrected chi connectivity index (χ1v) is 8.92. The first-order chi connectivity index (χ1) is 9.86. The number of rotatable bonds is 5. The molecule has 1 saturated heterocycles. The Bertz CT molecular complexity index is 586. The SMILES string of the molecule is C[C@H](NCc1cc(Cl)cc(S(N)(=O)=O)c1)[C@H]1CCCOC1. The zero-order chi connectivity index (χ0) is 15.5. The predicted molar refractivity (Wildman–Crippen MR) is 82.7 cm³/mol. The zero-order valence-electron chi connectivity index (χ0n) is 12.0. The van der Waals surface area contributed by atoms with E-state index < -0.39 is 10.0 Å². The Labute approximate surface area is 130 Å². The van der Waals surface area contributed by atoms with Crippen molar-refractivity contribution < 1.29 is 13.2 Å². The number of nitrogens with one attached hydrogen (secondary N) is 1. The van der Waals surface area contributed by atoms with Crippen LogP contribution in [0.25, 0.3) is 0 Å². The molecule has 0 spiro atoms. The molecule has 118 valence electrons. The molecule has 21 heavy (non-hydrogen) atoms. The molecule has 1 aromatic carbocycles. The van der Waals surface area contributed by atoms with Gasteiger partial charge in [-0.05, 0) is 49.4 Å². The summed E-state index contributed by atoms with van der Waals surface area (Å²) in [6.07, 6.45) is 2.23. The molecule has 2 rings (SSSR count). The topological polar surface area (TPSA) is 81.4 Å². The minimum absolute atomic E-state index is 0.0421. The molecule has 0 radical (unpaired) electrons. The zero-order valence-corrected chi connectivity index (χ0v) is 13.6. The van der Waals surface area contributed by atoms with E-state index in [0.717, 1.165) is 31.6 Å². The fourth-order valence-electron chi connectivity index (χ4n) is 2.49. The number of primary sulfonamides is 1. The normalized spacial score (nSPS) is 21.2. The van der Waals surface area contributed by atoms with Gasteiger partial charge in [0.05, 0.1) is 11.5 Å². The van der Waals surface area contributed by atoms with E-state index in [4.69, 9.17) is 21.5 Å². The molecule has 1 heterocycles. The highest BCUT2D eigenvalue weighted by Gasteiger charge is 2.20. The molecule has 0 bridgehead atoms. The maximum Gasteiger partial charge on any atom is 0.238 e. The van der Waals surface area contributed by atoms with Gasteiger partial charge < -0.3 is 10.1 Å². The Morgan fingerprint density at radius 2 is 2.24 bits per heavy atom. The molecule has 0 unspecified atom stereocenters. The van der Waals surface area contributed by atoms with Gasteiger partial charge in [-0.1, -0.05) is 11.6 Å². The molecule has 2 atom stereocenters. The Balaban J connectivity index is 2.01. The van der Waals surface area contributed by atoms with Crippen LogP contribution in [0.3, 0.4) is 0 Å². The fourth-order valence-corrected chi connectivity index (χ4v) is 3.42. The molecule has 7 heteroatoms. The van der Waals surface area contributed by atoms with E-state index in [9.17, 15) is 8.42 Å². The van der Waals surface area contributed by atoms with Crippen LogP contribution in [0.2, 0.25) is 5.02 Å². The van der Waals surface area contributed by atoms with Crippen LogP contribution in [0.1, 0.15) is 25.3 Å².